The maximum absolute atomic E-state index is 11.6. The SMILES string of the molecule is CO[C@H]1CC2C(OC(=O)[C@@H]2NC(C)=O)[C@@H]1Br. The quantitative estimate of drug-likeness (QED) is 0.584. The van der Waals surface area contributed by atoms with E-state index in [1.165, 1.54) is 6.92 Å². The summed E-state index contributed by atoms with van der Waals surface area (Å²) in [4.78, 5) is 22.6. The fraction of sp³-hybridized carbons (Fsp3) is 0.800. The first-order valence-corrected chi connectivity index (χ1v) is 6.10. The molecule has 0 aromatic heterocycles. The minimum Gasteiger partial charge on any atom is -0.459 e. The van der Waals surface area contributed by atoms with E-state index in [-0.39, 0.29) is 34.8 Å². The van der Waals surface area contributed by atoms with E-state index in [0.29, 0.717) is 6.42 Å². The van der Waals surface area contributed by atoms with Crippen LogP contribution in [0.1, 0.15) is 13.3 Å². The topological polar surface area (TPSA) is 64.6 Å². The Labute approximate surface area is 102 Å². The molecule has 0 aromatic carbocycles. The minimum atomic E-state index is -0.525. The largest absolute Gasteiger partial charge is 0.459 e. The van der Waals surface area contributed by atoms with Crippen molar-refractivity contribution in [3.8, 4) is 0 Å². The lowest BCUT2D eigenvalue weighted by atomic mass is 9.99. The molecule has 1 heterocycles. The van der Waals surface area contributed by atoms with E-state index in [4.69, 9.17) is 9.47 Å². The summed E-state index contributed by atoms with van der Waals surface area (Å²) in [6.07, 6.45) is 0.544. The van der Waals surface area contributed by atoms with Crippen LogP contribution >= 0.6 is 15.9 Å². The van der Waals surface area contributed by atoms with Gasteiger partial charge < -0.3 is 14.8 Å². The molecule has 0 radical (unpaired) electrons. The number of esters is 1. The Bertz CT molecular complexity index is 322. The van der Waals surface area contributed by atoms with Crippen molar-refractivity contribution in [1.29, 1.82) is 0 Å². The summed E-state index contributed by atoms with van der Waals surface area (Å²) < 4.78 is 10.6. The molecule has 1 saturated heterocycles. The fourth-order valence-electron chi connectivity index (χ4n) is 2.45. The molecule has 1 amide bonds. The van der Waals surface area contributed by atoms with E-state index in [0.717, 1.165) is 0 Å². The number of hydrogen-bond acceptors (Lipinski definition) is 4. The van der Waals surface area contributed by atoms with E-state index in [2.05, 4.69) is 21.2 Å². The number of alkyl halides is 1. The van der Waals surface area contributed by atoms with Crippen LogP contribution in [0.3, 0.4) is 0 Å². The molecule has 6 heteroatoms. The Morgan fingerprint density at radius 3 is 2.88 bits per heavy atom. The normalized spacial score (nSPS) is 41.7. The van der Waals surface area contributed by atoms with E-state index in [1.807, 2.05) is 0 Å². The highest BCUT2D eigenvalue weighted by Crippen LogP contribution is 2.41. The predicted molar refractivity (Wildman–Crippen MR) is 59.1 cm³/mol. The zero-order valence-corrected chi connectivity index (χ0v) is 10.7. The molecule has 2 fully saturated rings. The van der Waals surface area contributed by atoms with Gasteiger partial charge in [0.2, 0.25) is 5.91 Å². The van der Waals surface area contributed by atoms with Crippen LogP contribution in [-0.2, 0) is 19.1 Å². The van der Waals surface area contributed by atoms with Gasteiger partial charge in [0.25, 0.3) is 0 Å². The third-order valence-corrected chi connectivity index (χ3v) is 4.30. The van der Waals surface area contributed by atoms with Crippen LogP contribution in [-0.4, -0.2) is 42.1 Å². The highest BCUT2D eigenvalue weighted by molar-refractivity contribution is 9.09. The number of carbonyl (C=O) groups is 2. The van der Waals surface area contributed by atoms with Gasteiger partial charge in [-0.3, -0.25) is 4.79 Å². The Kier molecular flexibility index (Phi) is 3.21. The second kappa shape index (κ2) is 4.33. The molecule has 2 unspecified atom stereocenters. The Morgan fingerprint density at radius 2 is 2.31 bits per heavy atom. The molecule has 2 aliphatic rings. The molecule has 1 saturated carbocycles. The fourth-order valence-corrected chi connectivity index (χ4v) is 3.38. The number of amides is 1. The molecular formula is C10H14BrNO4. The molecule has 1 aliphatic heterocycles. The maximum Gasteiger partial charge on any atom is 0.329 e. The first-order chi connectivity index (χ1) is 7.54. The summed E-state index contributed by atoms with van der Waals surface area (Å²) >= 11 is 3.48. The predicted octanol–water partition coefficient (Wildman–Crippen LogP) is 0.215. The highest BCUT2D eigenvalue weighted by atomic mass is 79.9. The average molecular weight is 292 g/mol. The average Bonchev–Trinajstić information content (AvgIpc) is 2.67. The Morgan fingerprint density at radius 1 is 1.62 bits per heavy atom. The Hall–Kier alpha value is -0.620. The molecular weight excluding hydrogens is 278 g/mol. The van der Waals surface area contributed by atoms with Gasteiger partial charge in [0.05, 0.1) is 10.9 Å². The lowest BCUT2D eigenvalue weighted by molar-refractivity contribution is -0.144. The van der Waals surface area contributed by atoms with Gasteiger partial charge in [0, 0.05) is 20.0 Å². The van der Waals surface area contributed by atoms with Gasteiger partial charge in [-0.05, 0) is 6.42 Å². The van der Waals surface area contributed by atoms with Gasteiger partial charge in [0.1, 0.15) is 12.1 Å². The van der Waals surface area contributed by atoms with Crippen molar-refractivity contribution in [2.24, 2.45) is 5.92 Å². The number of carbonyl (C=O) groups excluding carboxylic acids is 2. The Balaban J connectivity index is 2.12. The summed E-state index contributed by atoms with van der Waals surface area (Å²) in [6.45, 7) is 1.40. The minimum absolute atomic E-state index is 0.00482. The van der Waals surface area contributed by atoms with Crippen molar-refractivity contribution in [3.05, 3.63) is 0 Å². The molecule has 1 N–H and O–H groups in total. The number of rotatable bonds is 2. The van der Waals surface area contributed by atoms with Crippen LogP contribution in [0.15, 0.2) is 0 Å². The maximum atomic E-state index is 11.6. The van der Waals surface area contributed by atoms with Gasteiger partial charge in [-0.1, -0.05) is 15.9 Å². The van der Waals surface area contributed by atoms with Gasteiger partial charge in [-0.2, -0.15) is 0 Å². The number of nitrogens with one attached hydrogen (secondary N) is 1. The van der Waals surface area contributed by atoms with Gasteiger partial charge >= 0.3 is 5.97 Å². The van der Waals surface area contributed by atoms with Crippen molar-refractivity contribution in [1.82, 2.24) is 5.32 Å². The van der Waals surface area contributed by atoms with Gasteiger partial charge in [-0.25, -0.2) is 4.79 Å². The van der Waals surface area contributed by atoms with Crippen LogP contribution in [0, 0.1) is 5.92 Å². The molecule has 0 aromatic rings. The van der Waals surface area contributed by atoms with E-state index >= 15 is 0 Å². The lowest BCUT2D eigenvalue weighted by Crippen LogP contribution is -2.41. The first-order valence-electron chi connectivity index (χ1n) is 5.19. The molecule has 5 nitrogen and oxygen atoms in total. The van der Waals surface area contributed by atoms with Gasteiger partial charge in [0.15, 0.2) is 0 Å². The zero-order valence-electron chi connectivity index (χ0n) is 9.10. The molecule has 2 rings (SSSR count). The van der Waals surface area contributed by atoms with Crippen LogP contribution in [0.25, 0.3) is 0 Å². The van der Waals surface area contributed by atoms with Crippen LogP contribution in [0.4, 0.5) is 0 Å². The van der Waals surface area contributed by atoms with Crippen molar-refractivity contribution in [2.75, 3.05) is 7.11 Å². The molecule has 1 aliphatic carbocycles. The molecule has 90 valence electrons. The second-order valence-electron chi connectivity index (χ2n) is 4.20. The smallest absolute Gasteiger partial charge is 0.329 e. The summed E-state index contributed by atoms with van der Waals surface area (Å²) in [5.41, 5.74) is 0. The van der Waals surface area contributed by atoms with Crippen molar-refractivity contribution in [3.63, 3.8) is 0 Å². The standard InChI is InChI=1S/C10H14BrNO4/c1-4(13)12-8-5-3-6(15-2)7(11)9(5)16-10(8)14/h5-9H,3H2,1-2H3,(H,12,13)/t5?,6-,7+,8+,9?/m0/s1. The summed E-state index contributed by atoms with van der Waals surface area (Å²) in [5, 5.41) is 2.64. The van der Waals surface area contributed by atoms with Crippen molar-refractivity contribution < 1.29 is 19.1 Å². The van der Waals surface area contributed by atoms with Crippen molar-refractivity contribution >= 4 is 27.8 Å². The molecule has 5 atom stereocenters. The third-order valence-electron chi connectivity index (χ3n) is 3.19. The number of halogens is 1. The van der Waals surface area contributed by atoms with Crippen LogP contribution in [0.2, 0.25) is 0 Å². The molecule has 0 bridgehead atoms. The number of methoxy groups -OCH3 is 1. The van der Waals surface area contributed by atoms with Gasteiger partial charge in [-0.15, -0.1) is 0 Å². The number of ether oxygens (including phenoxy) is 2. The summed E-state index contributed by atoms with van der Waals surface area (Å²) in [6, 6.07) is -0.525. The summed E-state index contributed by atoms with van der Waals surface area (Å²) in [7, 11) is 1.63. The first kappa shape index (κ1) is 11.9. The monoisotopic (exact) mass is 291 g/mol. The zero-order chi connectivity index (χ0) is 11.9. The summed E-state index contributed by atoms with van der Waals surface area (Å²) in [5.74, 6) is -0.551. The number of hydrogen-bond donors (Lipinski definition) is 1. The lowest BCUT2D eigenvalue weighted by Gasteiger charge is -2.16. The molecule has 0 spiro atoms. The van der Waals surface area contributed by atoms with E-state index in [9.17, 15) is 9.59 Å². The van der Waals surface area contributed by atoms with Crippen LogP contribution < -0.4 is 5.32 Å². The van der Waals surface area contributed by atoms with Crippen molar-refractivity contribution in [2.45, 2.75) is 36.4 Å². The van der Waals surface area contributed by atoms with Crippen LogP contribution in [0.5, 0.6) is 0 Å². The second-order valence-corrected chi connectivity index (χ2v) is 5.26. The molecule has 16 heavy (non-hydrogen) atoms. The van der Waals surface area contributed by atoms with E-state index in [1.54, 1.807) is 7.11 Å². The van der Waals surface area contributed by atoms with E-state index < -0.39 is 6.04 Å². The highest BCUT2D eigenvalue weighted by Gasteiger charge is 2.55. The number of fused-ring (bicyclic) bond motifs is 1. The third kappa shape index (κ3) is 1.84.